The maximum absolute atomic E-state index is 8.28. The molecular formula is C9H15ClN2. The van der Waals surface area contributed by atoms with Crippen molar-refractivity contribution >= 4 is 12.4 Å². The molecule has 0 aromatic carbocycles. The number of rotatable bonds is 2. The molecule has 0 unspecified atom stereocenters. The lowest BCUT2D eigenvalue weighted by molar-refractivity contribution is 0.436. The van der Waals surface area contributed by atoms with E-state index in [4.69, 9.17) is 5.26 Å². The average Bonchev–Trinajstić information content (AvgIpc) is 2.07. The Bertz CT molecular complexity index is 166. The fourth-order valence-corrected chi connectivity index (χ4v) is 1.35. The summed E-state index contributed by atoms with van der Waals surface area (Å²) in [5, 5.41) is 11.6. The SMILES string of the molecule is Cl.N#CC/C=C/C1CCNCC1. The van der Waals surface area contributed by atoms with Gasteiger partial charge < -0.3 is 5.32 Å². The highest BCUT2D eigenvalue weighted by Gasteiger charge is 2.08. The number of allylic oxidation sites excluding steroid dienone is 2. The third-order valence-electron chi connectivity index (χ3n) is 2.00. The second-order valence-electron chi connectivity index (χ2n) is 2.88. The molecular weight excluding hydrogens is 172 g/mol. The molecule has 1 N–H and O–H groups in total. The minimum absolute atomic E-state index is 0. The zero-order valence-corrected chi connectivity index (χ0v) is 7.94. The van der Waals surface area contributed by atoms with Gasteiger partial charge in [0.1, 0.15) is 0 Å². The number of halogens is 1. The van der Waals surface area contributed by atoms with Gasteiger partial charge in [-0.3, -0.25) is 0 Å². The molecule has 0 saturated carbocycles. The summed E-state index contributed by atoms with van der Waals surface area (Å²) >= 11 is 0. The lowest BCUT2D eigenvalue weighted by atomic mass is 9.97. The minimum atomic E-state index is 0. The molecule has 0 aromatic heterocycles. The quantitative estimate of drug-likeness (QED) is 0.669. The van der Waals surface area contributed by atoms with Gasteiger partial charge in [-0.1, -0.05) is 12.2 Å². The summed E-state index contributed by atoms with van der Waals surface area (Å²) in [5.41, 5.74) is 0. The van der Waals surface area contributed by atoms with E-state index in [0.29, 0.717) is 12.3 Å². The van der Waals surface area contributed by atoms with Gasteiger partial charge in [0.25, 0.3) is 0 Å². The summed E-state index contributed by atoms with van der Waals surface area (Å²) in [7, 11) is 0. The average molecular weight is 187 g/mol. The predicted octanol–water partition coefficient (Wildman–Crippen LogP) is 1.88. The molecule has 0 atom stereocenters. The van der Waals surface area contributed by atoms with Crippen LogP contribution in [0.2, 0.25) is 0 Å². The minimum Gasteiger partial charge on any atom is -0.317 e. The van der Waals surface area contributed by atoms with Crippen molar-refractivity contribution in [2.75, 3.05) is 13.1 Å². The number of nitrogens with one attached hydrogen (secondary N) is 1. The van der Waals surface area contributed by atoms with Gasteiger partial charge in [-0.25, -0.2) is 0 Å². The van der Waals surface area contributed by atoms with Crippen molar-refractivity contribution < 1.29 is 0 Å². The van der Waals surface area contributed by atoms with Gasteiger partial charge in [0.15, 0.2) is 0 Å². The highest BCUT2D eigenvalue weighted by Crippen LogP contribution is 2.12. The van der Waals surface area contributed by atoms with Gasteiger partial charge >= 0.3 is 0 Å². The van der Waals surface area contributed by atoms with Gasteiger partial charge in [0, 0.05) is 0 Å². The van der Waals surface area contributed by atoms with Crippen LogP contribution in [0.4, 0.5) is 0 Å². The van der Waals surface area contributed by atoms with Crippen LogP contribution in [0.1, 0.15) is 19.3 Å². The lowest BCUT2D eigenvalue weighted by Crippen LogP contribution is -2.26. The van der Waals surface area contributed by atoms with E-state index >= 15 is 0 Å². The Kier molecular flexibility index (Phi) is 6.84. The Labute approximate surface area is 80.1 Å². The molecule has 0 aromatic rings. The smallest absolute Gasteiger partial charge is 0.0663 e. The van der Waals surface area contributed by atoms with Crippen LogP contribution in [0.25, 0.3) is 0 Å². The molecule has 0 radical (unpaired) electrons. The molecule has 2 nitrogen and oxygen atoms in total. The van der Waals surface area contributed by atoms with E-state index in [1.54, 1.807) is 0 Å². The molecule has 1 heterocycles. The number of nitriles is 1. The van der Waals surface area contributed by atoms with Crippen molar-refractivity contribution in [2.45, 2.75) is 19.3 Å². The third kappa shape index (κ3) is 4.38. The molecule has 68 valence electrons. The second-order valence-corrected chi connectivity index (χ2v) is 2.88. The van der Waals surface area contributed by atoms with E-state index in [0.717, 1.165) is 13.1 Å². The first-order chi connectivity index (χ1) is 5.43. The molecule has 0 bridgehead atoms. The Hall–Kier alpha value is -0.520. The van der Waals surface area contributed by atoms with Crippen LogP contribution in [0.5, 0.6) is 0 Å². The molecule has 0 amide bonds. The first-order valence-corrected chi connectivity index (χ1v) is 4.18. The third-order valence-corrected chi connectivity index (χ3v) is 2.00. The molecule has 12 heavy (non-hydrogen) atoms. The van der Waals surface area contributed by atoms with E-state index in [-0.39, 0.29) is 12.4 Å². The first-order valence-electron chi connectivity index (χ1n) is 4.18. The summed E-state index contributed by atoms with van der Waals surface area (Å²) in [6.07, 6.45) is 7.17. The van der Waals surface area contributed by atoms with Gasteiger partial charge in [0.05, 0.1) is 12.5 Å². The van der Waals surface area contributed by atoms with Crippen LogP contribution >= 0.6 is 12.4 Å². The maximum atomic E-state index is 8.28. The molecule has 3 heteroatoms. The summed E-state index contributed by atoms with van der Waals surface area (Å²) in [4.78, 5) is 0. The van der Waals surface area contributed by atoms with Gasteiger partial charge in [-0.05, 0) is 31.8 Å². The lowest BCUT2D eigenvalue weighted by Gasteiger charge is -2.18. The normalized spacial score (nSPS) is 18.6. The van der Waals surface area contributed by atoms with Gasteiger partial charge in [-0.2, -0.15) is 5.26 Å². The molecule has 1 fully saturated rings. The summed E-state index contributed by atoms with van der Waals surface area (Å²) < 4.78 is 0. The van der Waals surface area contributed by atoms with Crippen LogP contribution in [-0.2, 0) is 0 Å². The monoisotopic (exact) mass is 186 g/mol. The molecule has 1 aliphatic heterocycles. The Morgan fingerprint density at radius 1 is 1.42 bits per heavy atom. The molecule has 0 aliphatic carbocycles. The fourth-order valence-electron chi connectivity index (χ4n) is 1.35. The van der Waals surface area contributed by atoms with Crippen LogP contribution in [-0.4, -0.2) is 13.1 Å². The first kappa shape index (κ1) is 11.5. The highest BCUT2D eigenvalue weighted by molar-refractivity contribution is 5.85. The number of nitrogens with zero attached hydrogens (tertiary/aromatic N) is 1. The number of hydrogen-bond donors (Lipinski definition) is 1. The highest BCUT2D eigenvalue weighted by atomic mass is 35.5. The van der Waals surface area contributed by atoms with Crippen molar-refractivity contribution in [2.24, 2.45) is 5.92 Å². The van der Waals surface area contributed by atoms with E-state index < -0.39 is 0 Å². The van der Waals surface area contributed by atoms with E-state index in [1.807, 2.05) is 6.08 Å². The van der Waals surface area contributed by atoms with Crippen molar-refractivity contribution in [1.82, 2.24) is 5.32 Å². The number of piperidine rings is 1. The Morgan fingerprint density at radius 2 is 2.08 bits per heavy atom. The molecule has 1 saturated heterocycles. The largest absolute Gasteiger partial charge is 0.317 e. The van der Waals surface area contributed by atoms with Crippen LogP contribution < -0.4 is 5.32 Å². The van der Waals surface area contributed by atoms with Gasteiger partial charge in [0.2, 0.25) is 0 Å². The van der Waals surface area contributed by atoms with Crippen molar-refractivity contribution in [3.63, 3.8) is 0 Å². The standard InChI is InChI=1S/C9H14N2.ClH/c10-6-2-1-3-9-4-7-11-8-5-9;/h1,3,9,11H,2,4-5,7-8H2;1H/b3-1+;. The molecule has 0 spiro atoms. The fraction of sp³-hybridized carbons (Fsp3) is 0.667. The van der Waals surface area contributed by atoms with Gasteiger partial charge in [-0.15, -0.1) is 12.4 Å². The predicted molar refractivity (Wildman–Crippen MR) is 52.2 cm³/mol. The topological polar surface area (TPSA) is 35.8 Å². The Balaban J connectivity index is 0.00000121. The van der Waals surface area contributed by atoms with Crippen LogP contribution in [0.3, 0.4) is 0 Å². The zero-order valence-electron chi connectivity index (χ0n) is 7.12. The van der Waals surface area contributed by atoms with Crippen molar-refractivity contribution in [3.05, 3.63) is 12.2 Å². The zero-order chi connectivity index (χ0) is 7.94. The molecule has 1 aliphatic rings. The van der Waals surface area contributed by atoms with E-state index in [9.17, 15) is 0 Å². The Morgan fingerprint density at radius 3 is 2.67 bits per heavy atom. The van der Waals surface area contributed by atoms with E-state index in [2.05, 4.69) is 17.5 Å². The maximum Gasteiger partial charge on any atom is 0.0663 e. The molecule has 1 rings (SSSR count). The number of hydrogen-bond acceptors (Lipinski definition) is 2. The summed E-state index contributed by atoms with van der Waals surface area (Å²) in [6.45, 7) is 2.25. The summed E-state index contributed by atoms with van der Waals surface area (Å²) in [5.74, 6) is 0.713. The van der Waals surface area contributed by atoms with Crippen LogP contribution in [0.15, 0.2) is 12.2 Å². The summed E-state index contributed by atoms with van der Waals surface area (Å²) in [6, 6.07) is 2.10. The second kappa shape index (κ2) is 7.15. The van der Waals surface area contributed by atoms with Crippen LogP contribution in [0, 0.1) is 17.2 Å². The van der Waals surface area contributed by atoms with E-state index in [1.165, 1.54) is 12.8 Å². The van der Waals surface area contributed by atoms with Crippen molar-refractivity contribution in [3.8, 4) is 6.07 Å². The van der Waals surface area contributed by atoms with Crippen molar-refractivity contribution in [1.29, 1.82) is 5.26 Å².